The van der Waals surface area contributed by atoms with Crippen LogP contribution in [-0.2, 0) is 6.42 Å². The second-order valence-corrected chi connectivity index (χ2v) is 4.87. The molecule has 0 fully saturated rings. The molecule has 0 bridgehead atoms. The topological polar surface area (TPSA) is 41.6 Å². The Morgan fingerprint density at radius 3 is 2.50 bits per heavy atom. The van der Waals surface area contributed by atoms with Gasteiger partial charge in [-0.1, -0.05) is 36.8 Å². The highest BCUT2D eigenvalue weighted by molar-refractivity contribution is 5.67. The molecule has 2 aromatic heterocycles. The first-order chi connectivity index (χ1) is 9.78. The standard InChI is InChI=1S/C17H17N3/c1-3-15-16(14-5-4-10-18-11-14)20-17(19-15)13-8-6-12(2)7-9-13/h4-11H,3H2,1-2H3,(H,19,20). The van der Waals surface area contributed by atoms with Crippen LogP contribution < -0.4 is 0 Å². The minimum Gasteiger partial charge on any atom is -0.338 e. The molecule has 0 aliphatic heterocycles. The summed E-state index contributed by atoms with van der Waals surface area (Å²) in [4.78, 5) is 12.3. The maximum absolute atomic E-state index is 4.72. The van der Waals surface area contributed by atoms with Crippen LogP contribution in [0.5, 0.6) is 0 Å². The van der Waals surface area contributed by atoms with Crippen molar-refractivity contribution >= 4 is 0 Å². The molecule has 20 heavy (non-hydrogen) atoms. The summed E-state index contributed by atoms with van der Waals surface area (Å²) in [5.41, 5.74) is 5.59. The Morgan fingerprint density at radius 1 is 1.05 bits per heavy atom. The molecule has 3 aromatic rings. The molecule has 0 aliphatic rings. The zero-order valence-corrected chi connectivity index (χ0v) is 11.7. The van der Waals surface area contributed by atoms with Crippen LogP contribution in [0.1, 0.15) is 18.2 Å². The summed E-state index contributed by atoms with van der Waals surface area (Å²) >= 11 is 0. The molecule has 3 rings (SSSR count). The fourth-order valence-electron chi connectivity index (χ4n) is 2.26. The number of hydrogen-bond donors (Lipinski definition) is 1. The van der Waals surface area contributed by atoms with E-state index in [0.717, 1.165) is 34.8 Å². The maximum atomic E-state index is 4.72. The molecule has 3 heteroatoms. The van der Waals surface area contributed by atoms with Crippen LogP contribution in [0.2, 0.25) is 0 Å². The number of H-pyrrole nitrogens is 1. The number of nitrogens with zero attached hydrogens (tertiary/aromatic N) is 2. The van der Waals surface area contributed by atoms with Crippen molar-refractivity contribution < 1.29 is 0 Å². The zero-order valence-electron chi connectivity index (χ0n) is 11.7. The van der Waals surface area contributed by atoms with Crippen LogP contribution in [0.25, 0.3) is 22.6 Å². The van der Waals surface area contributed by atoms with Crippen molar-refractivity contribution in [2.24, 2.45) is 0 Å². The molecule has 2 heterocycles. The molecule has 0 saturated carbocycles. The third kappa shape index (κ3) is 2.35. The van der Waals surface area contributed by atoms with Gasteiger partial charge in [0.1, 0.15) is 5.82 Å². The molecular formula is C17H17N3. The van der Waals surface area contributed by atoms with Crippen molar-refractivity contribution in [3.8, 4) is 22.6 Å². The van der Waals surface area contributed by atoms with Gasteiger partial charge in [-0.3, -0.25) is 4.98 Å². The Kier molecular flexibility index (Phi) is 3.33. The van der Waals surface area contributed by atoms with Gasteiger partial charge in [-0.05, 0) is 25.5 Å². The fraction of sp³-hybridized carbons (Fsp3) is 0.176. The summed E-state index contributed by atoms with van der Waals surface area (Å²) in [7, 11) is 0. The summed E-state index contributed by atoms with van der Waals surface area (Å²) in [6.07, 6.45) is 4.55. The van der Waals surface area contributed by atoms with Crippen molar-refractivity contribution in [2.75, 3.05) is 0 Å². The van der Waals surface area contributed by atoms with E-state index in [1.807, 2.05) is 12.3 Å². The number of aromatic amines is 1. The fourth-order valence-corrected chi connectivity index (χ4v) is 2.26. The molecule has 0 spiro atoms. The minimum absolute atomic E-state index is 0.895. The molecule has 0 atom stereocenters. The number of nitrogens with one attached hydrogen (secondary N) is 1. The lowest BCUT2D eigenvalue weighted by atomic mass is 10.1. The second kappa shape index (κ2) is 5.29. The first-order valence-corrected chi connectivity index (χ1v) is 6.84. The van der Waals surface area contributed by atoms with E-state index in [4.69, 9.17) is 4.98 Å². The molecule has 1 N–H and O–H groups in total. The Hall–Kier alpha value is -2.42. The summed E-state index contributed by atoms with van der Waals surface area (Å²) in [5, 5.41) is 0. The van der Waals surface area contributed by atoms with Crippen molar-refractivity contribution in [2.45, 2.75) is 20.3 Å². The minimum atomic E-state index is 0.895. The maximum Gasteiger partial charge on any atom is 0.138 e. The SMILES string of the molecule is CCc1nc(-c2ccc(C)cc2)[nH]c1-c1cccnc1. The average Bonchev–Trinajstić information content (AvgIpc) is 2.93. The predicted octanol–water partition coefficient (Wildman–Crippen LogP) is 4.01. The Balaban J connectivity index is 2.07. The highest BCUT2D eigenvalue weighted by atomic mass is 14.9. The number of imidazole rings is 1. The van der Waals surface area contributed by atoms with Crippen LogP contribution in [0, 0.1) is 6.92 Å². The van der Waals surface area contributed by atoms with Crippen LogP contribution in [0.15, 0.2) is 48.8 Å². The quantitative estimate of drug-likeness (QED) is 0.775. The van der Waals surface area contributed by atoms with E-state index in [9.17, 15) is 0 Å². The summed E-state index contributed by atoms with van der Waals surface area (Å²) in [6, 6.07) is 12.4. The van der Waals surface area contributed by atoms with Crippen LogP contribution in [0.3, 0.4) is 0 Å². The summed E-state index contributed by atoms with van der Waals surface area (Å²) < 4.78 is 0. The number of pyridine rings is 1. The van der Waals surface area contributed by atoms with E-state index in [-0.39, 0.29) is 0 Å². The monoisotopic (exact) mass is 263 g/mol. The van der Waals surface area contributed by atoms with Gasteiger partial charge >= 0.3 is 0 Å². The van der Waals surface area contributed by atoms with Gasteiger partial charge in [-0.15, -0.1) is 0 Å². The molecule has 0 aliphatic carbocycles. The van der Waals surface area contributed by atoms with Crippen molar-refractivity contribution in [3.63, 3.8) is 0 Å². The van der Waals surface area contributed by atoms with Gasteiger partial charge in [0.25, 0.3) is 0 Å². The number of benzene rings is 1. The molecule has 100 valence electrons. The lowest BCUT2D eigenvalue weighted by Gasteiger charge is -1.99. The third-order valence-electron chi connectivity index (χ3n) is 3.39. The summed E-state index contributed by atoms with van der Waals surface area (Å²) in [6.45, 7) is 4.21. The van der Waals surface area contributed by atoms with Gasteiger partial charge in [0, 0.05) is 23.5 Å². The molecule has 1 aromatic carbocycles. The van der Waals surface area contributed by atoms with E-state index in [1.54, 1.807) is 6.20 Å². The van der Waals surface area contributed by atoms with Crippen molar-refractivity contribution in [3.05, 3.63) is 60.0 Å². The highest BCUT2D eigenvalue weighted by Gasteiger charge is 2.11. The van der Waals surface area contributed by atoms with Crippen LogP contribution in [-0.4, -0.2) is 15.0 Å². The number of hydrogen-bond acceptors (Lipinski definition) is 2. The van der Waals surface area contributed by atoms with E-state index in [2.05, 4.69) is 54.1 Å². The predicted molar refractivity (Wildman–Crippen MR) is 81.4 cm³/mol. The molecule has 0 unspecified atom stereocenters. The van der Waals surface area contributed by atoms with Gasteiger partial charge in [-0.2, -0.15) is 0 Å². The smallest absolute Gasteiger partial charge is 0.138 e. The van der Waals surface area contributed by atoms with E-state index in [0.29, 0.717) is 0 Å². The Labute approximate surface area is 118 Å². The molecule has 0 saturated heterocycles. The van der Waals surface area contributed by atoms with Crippen molar-refractivity contribution in [1.29, 1.82) is 0 Å². The largest absolute Gasteiger partial charge is 0.338 e. The van der Waals surface area contributed by atoms with E-state index >= 15 is 0 Å². The second-order valence-electron chi connectivity index (χ2n) is 4.87. The first kappa shape index (κ1) is 12.6. The van der Waals surface area contributed by atoms with Gasteiger partial charge in [0.15, 0.2) is 0 Å². The Bertz CT molecular complexity index is 697. The van der Waals surface area contributed by atoms with Gasteiger partial charge in [0.2, 0.25) is 0 Å². The summed E-state index contributed by atoms with van der Waals surface area (Å²) in [5.74, 6) is 0.917. The van der Waals surface area contributed by atoms with E-state index < -0.39 is 0 Å². The lowest BCUT2D eigenvalue weighted by Crippen LogP contribution is -1.86. The highest BCUT2D eigenvalue weighted by Crippen LogP contribution is 2.26. The van der Waals surface area contributed by atoms with E-state index in [1.165, 1.54) is 5.56 Å². The van der Waals surface area contributed by atoms with Gasteiger partial charge in [0.05, 0.1) is 11.4 Å². The molecule has 0 radical (unpaired) electrons. The Morgan fingerprint density at radius 2 is 1.85 bits per heavy atom. The van der Waals surface area contributed by atoms with Gasteiger partial charge < -0.3 is 4.98 Å². The van der Waals surface area contributed by atoms with Crippen LogP contribution in [0.4, 0.5) is 0 Å². The third-order valence-corrected chi connectivity index (χ3v) is 3.39. The number of aromatic nitrogens is 3. The average molecular weight is 263 g/mol. The lowest BCUT2D eigenvalue weighted by molar-refractivity contribution is 1.07. The van der Waals surface area contributed by atoms with Crippen LogP contribution >= 0.6 is 0 Å². The van der Waals surface area contributed by atoms with Crippen molar-refractivity contribution in [1.82, 2.24) is 15.0 Å². The normalized spacial score (nSPS) is 10.7. The number of aryl methyl sites for hydroxylation is 2. The zero-order chi connectivity index (χ0) is 13.9. The number of rotatable bonds is 3. The molecular weight excluding hydrogens is 246 g/mol. The molecule has 3 nitrogen and oxygen atoms in total. The first-order valence-electron chi connectivity index (χ1n) is 6.84. The van der Waals surface area contributed by atoms with Gasteiger partial charge in [-0.25, -0.2) is 4.98 Å². The molecule has 0 amide bonds.